The third kappa shape index (κ3) is 5.57. The summed E-state index contributed by atoms with van der Waals surface area (Å²) in [5.41, 5.74) is 4.09. The third-order valence-electron chi connectivity index (χ3n) is 5.50. The Balaban J connectivity index is 1.56. The van der Waals surface area contributed by atoms with Crippen molar-refractivity contribution in [2.45, 2.75) is 32.1 Å². The van der Waals surface area contributed by atoms with Crippen LogP contribution in [-0.4, -0.2) is 44.0 Å². The lowest BCUT2D eigenvalue weighted by molar-refractivity contribution is -0.118. The van der Waals surface area contributed by atoms with E-state index in [1.54, 1.807) is 4.68 Å². The van der Waals surface area contributed by atoms with Crippen molar-refractivity contribution in [3.8, 4) is 5.69 Å². The molecule has 0 aliphatic heterocycles. The summed E-state index contributed by atoms with van der Waals surface area (Å²) >= 11 is 1.54. The van der Waals surface area contributed by atoms with Gasteiger partial charge in [-0.2, -0.15) is 11.3 Å². The molecule has 4 aromatic rings. The number of aryl methyl sites for hydroxylation is 2. The molecular weight excluding hydrogens is 435 g/mol. The Morgan fingerprint density at radius 3 is 2.58 bits per heavy atom. The van der Waals surface area contributed by atoms with E-state index >= 15 is 0 Å². The van der Waals surface area contributed by atoms with Gasteiger partial charge in [0.1, 0.15) is 0 Å². The highest BCUT2D eigenvalue weighted by Crippen LogP contribution is 2.26. The van der Waals surface area contributed by atoms with Gasteiger partial charge in [-0.3, -0.25) is 4.79 Å². The molecule has 2 N–H and O–H groups in total. The van der Waals surface area contributed by atoms with Crippen molar-refractivity contribution in [3.63, 3.8) is 0 Å². The summed E-state index contributed by atoms with van der Waals surface area (Å²) in [5, 5.41) is 32.7. The molecule has 2 aromatic heterocycles. The van der Waals surface area contributed by atoms with Gasteiger partial charge in [-0.25, -0.2) is 4.68 Å². The molecule has 7 nitrogen and oxygen atoms in total. The van der Waals surface area contributed by atoms with Crippen LogP contribution < -0.4 is 4.90 Å². The summed E-state index contributed by atoms with van der Waals surface area (Å²) in [4.78, 5) is 15.0. The van der Waals surface area contributed by atoms with Crippen molar-refractivity contribution < 1.29 is 14.8 Å². The molecule has 0 spiro atoms. The fraction of sp³-hybridized carbons (Fsp3) is 0.208. The Morgan fingerprint density at radius 2 is 1.88 bits per heavy atom. The van der Waals surface area contributed by atoms with E-state index in [-0.39, 0.29) is 12.3 Å². The quantitative estimate of drug-likeness (QED) is 0.375. The largest absolute Gasteiger partial charge is 0.476 e. The van der Waals surface area contributed by atoms with Gasteiger partial charge in [0.15, 0.2) is 0 Å². The van der Waals surface area contributed by atoms with Gasteiger partial charge < -0.3 is 14.9 Å². The molecule has 0 saturated heterocycles. The Labute approximate surface area is 197 Å². The van der Waals surface area contributed by atoms with E-state index in [4.69, 9.17) is 0 Å². The molecule has 0 aliphatic carbocycles. The Hall–Kier alpha value is -3.27. The molecule has 0 bridgehead atoms. The number of para-hydroxylation sites is 2. The van der Waals surface area contributed by atoms with Crippen LogP contribution in [0.25, 0.3) is 5.69 Å². The number of aromatic nitrogens is 3. The van der Waals surface area contributed by atoms with Crippen molar-refractivity contribution >= 4 is 30.0 Å². The maximum Gasteiger partial charge on any atom is 0.476 e. The van der Waals surface area contributed by atoms with E-state index in [0.717, 1.165) is 16.8 Å². The van der Waals surface area contributed by atoms with Gasteiger partial charge in [-0.1, -0.05) is 41.6 Å². The number of benzene rings is 2. The Bertz CT molecular complexity index is 1180. The van der Waals surface area contributed by atoms with Crippen LogP contribution in [-0.2, 0) is 17.6 Å². The fourth-order valence-corrected chi connectivity index (χ4v) is 4.47. The molecule has 1 unspecified atom stereocenters. The highest BCUT2D eigenvalue weighted by molar-refractivity contribution is 7.07. The van der Waals surface area contributed by atoms with Gasteiger partial charge in [-0.05, 0) is 59.5 Å². The highest BCUT2D eigenvalue weighted by Gasteiger charge is 2.35. The first kappa shape index (κ1) is 22.9. The first-order valence-electron chi connectivity index (χ1n) is 10.7. The van der Waals surface area contributed by atoms with Crippen LogP contribution in [0.5, 0.6) is 0 Å². The molecule has 1 amide bonds. The predicted molar refractivity (Wildman–Crippen MR) is 130 cm³/mol. The first-order valence-corrected chi connectivity index (χ1v) is 11.7. The number of amides is 1. The minimum atomic E-state index is -1.69. The van der Waals surface area contributed by atoms with E-state index in [1.807, 2.05) is 84.5 Å². The van der Waals surface area contributed by atoms with Crippen LogP contribution in [0.2, 0.25) is 0 Å². The van der Waals surface area contributed by atoms with Crippen LogP contribution in [0.1, 0.15) is 23.2 Å². The number of hydrogen-bond acceptors (Lipinski definition) is 6. The van der Waals surface area contributed by atoms with Crippen LogP contribution in [0.3, 0.4) is 0 Å². The van der Waals surface area contributed by atoms with Gasteiger partial charge in [0.25, 0.3) is 0 Å². The van der Waals surface area contributed by atoms with Gasteiger partial charge in [0.05, 0.1) is 23.5 Å². The zero-order valence-corrected chi connectivity index (χ0v) is 19.1. The molecule has 2 heterocycles. The SMILES string of the molecule is Cc1ccccc1N(C(=O)CCc1cn(-c2ccccc2)nn1)C(Cc1ccsc1)B(O)O. The van der Waals surface area contributed by atoms with Gasteiger partial charge in [-0.15, -0.1) is 5.10 Å². The number of rotatable bonds is 9. The summed E-state index contributed by atoms with van der Waals surface area (Å²) in [5.74, 6) is -1.01. The van der Waals surface area contributed by atoms with Crippen LogP contribution in [0.4, 0.5) is 5.69 Å². The molecule has 0 saturated carbocycles. The van der Waals surface area contributed by atoms with Crippen molar-refractivity contribution in [1.29, 1.82) is 0 Å². The number of carbonyl (C=O) groups excluding carboxylic acids is 1. The molecule has 33 heavy (non-hydrogen) atoms. The second-order valence-electron chi connectivity index (χ2n) is 7.86. The number of thiophene rings is 1. The minimum absolute atomic E-state index is 0.161. The topological polar surface area (TPSA) is 91.5 Å². The molecule has 9 heteroatoms. The first-order chi connectivity index (χ1) is 16.0. The molecule has 168 valence electrons. The Morgan fingerprint density at radius 1 is 1.12 bits per heavy atom. The van der Waals surface area contributed by atoms with E-state index in [9.17, 15) is 14.8 Å². The van der Waals surface area contributed by atoms with Crippen molar-refractivity contribution in [2.24, 2.45) is 0 Å². The number of anilines is 1. The van der Waals surface area contributed by atoms with E-state index in [2.05, 4.69) is 10.3 Å². The fourth-order valence-electron chi connectivity index (χ4n) is 3.79. The summed E-state index contributed by atoms with van der Waals surface area (Å²) in [7, 11) is -1.69. The number of hydrogen-bond donors (Lipinski definition) is 2. The van der Waals surface area contributed by atoms with E-state index in [1.165, 1.54) is 16.2 Å². The number of carbonyl (C=O) groups is 1. The lowest BCUT2D eigenvalue weighted by Gasteiger charge is -2.32. The van der Waals surface area contributed by atoms with Crippen molar-refractivity contribution in [2.75, 3.05) is 4.90 Å². The lowest BCUT2D eigenvalue weighted by atomic mass is 9.74. The summed E-state index contributed by atoms with van der Waals surface area (Å²) < 4.78 is 1.68. The summed E-state index contributed by atoms with van der Waals surface area (Å²) in [6, 6.07) is 19.1. The van der Waals surface area contributed by atoms with Crippen molar-refractivity contribution in [3.05, 3.63) is 94.4 Å². The predicted octanol–water partition coefficient (Wildman–Crippen LogP) is 3.23. The molecule has 2 aromatic carbocycles. The smallest absolute Gasteiger partial charge is 0.426 e. The second kappa shape index (κ2) is 10.6. The van der Waals surface area contributed by atoms with Crippen LogP contribution >= 0.6 is 11.3 Å². The van der Waals surface area contributed by atoms with Gasteiger partial charge in [0, 0.05) is 18.5 Å². The zero-order valence-electron chi connectivity index (χ0n) is 18.3. The third-order valence-corrected chi connectivity index (χ3v) is 6.23. The van der Waals surface area contributed by atoms with Gasteiger partial charge in [0.2, 0.25) is 5.91 Å². The molecule has 4 rings (SSSR count). The summed E-state index contributed by atoms with van der Waals surface area (Å²) in [6.45, 7) is 1.91. The molecular formula is C24H25BN4O3S. The maximum absolute atomic E-state index is 13.5. The summed E-state index contributed by atoms with van der Waals surface area (Å²) in [6.07, 6.45) is 2.70. The van der Waals surface area contributed by atoms with Crippen LogP contribution in [0, 0.1) is 6.92 Å². The second-order valence-corrected chi connectivity index (χ2v) is 8.64. The molecule has 0 aliphatic rings. The standard InChI is InChI=1S/C24H25BN4O3S/c1-18-7-5-6-10-22(18)29(23(25(31)32)15-19-13-14-33-17-19)24(30)12-11-20-16-28(27-26-20)21-8-3-2-4-9-21/h2-10,13-14,16-17,23,31-32H,11-12,15H2,1H3. The number of nitrogens with zero attached hydrogens (tertiary/aromatic N) is 4. The highest BCUT2D eigenvalue weighted by atomic mass is 32.1. The normalized spacial score (nSPS) is 11.8. The average Bonchev–Trinajstić information content (AvgIpc) is 3.51. The molecule has 1 atom stereocenters. The lowest BCUT2D eigenvalue weighted by Crippen LogP contribution is -2.51. The monoisotopic (exact) mass is 460 g/mol. The van der Waals surface area contributed by atoms with E-state index < -0.39 is 13.1 Å². The van der Waals surface area contributed by atoms with Crippen LogP contribution in [0.15, 0.2) is 77.6 Å². The van der Waals surface area contributed by atoms with Crippen molar-refractivity contribution in [1.82, 2.24) is 15.0 Å². The zero-order chi connectivity index (χ0) is 23.2. The molecule has 0 radical (unpaired) electrons. The maximum atomic E-state index is 13.5. The van der Waals surface area contributed by atoms with Gasteiger partial charge >= 0.3 is 7.12 Å². The Kier molecular flexibility index (Phi) is 7.34. The average molecular weight is 460 g/mol. The minimum Gasteiger partial charge on any atom is -0.426 e. The molecule has 0 fully saturated rings. The van der Waals surface area contributed by atoms with E-state index in [0.29, 0.717) is 24.2 Å².